The van der Waals surface area contributed by atoms with Crippen LogP contribution in [0.2, 0.25) is 0 Å². The number of hydrogen-bond donors (Lipinski definition) is 2. The molecule has 0 aliphatic carbocycles. The highest BCUT2D eigenvalue weighted by Crippen LogP contribution is 2.25. The van der Waals surface area contributed by atoms with Crippen molar-refractivity contribution in [1.29, 1.82) is 0 Å². The number of nitrogens with one attached hydrogen (secondary N) is 2. The van der Waals surface area contributed by atoms with Crippen molar-refractivity contribution >= 4 is 23.2 Å². The summed E-state index contributed by atoms with van der Waals surface area (Å²) in [5, 5.41) is 5.42. The van der Waals surface area contributed by atoms with Crippen LogP contribution in [0, 0.1) is 5.82 Å². The second-order valence-corrected chi connectivity index (χ2v) is 5.66. The van der Waals surface area contributed by atoms with Gasteiger partial charge in [-0.2, -0.15) is 0 Å². The Labute approximate surface area is 155 Å². The van der Waals surface area contributed by atoms with Crippen LogP contribution in [-0.4, -0.2) is 18.9 Å². The Bertz CT molecular complexity index is 988. The maximum Gasteiger partial charge on any atom is 0.257 e. The molecule has 6 heteroatoms. The average molecular weight is 364 g/mol. The van der Waals surface area contributed by atoms with Gasteiger partial charge in [-0.25, -0.2) is 4.39 Å². The first-order chi connectivity index (χ1) is 13.1. The Balaban J connectivity index is 1.83. The van der Waals surface area contributed by atoms with Crippen LogP contribution in [0.25, 0.3) is 0 Å². The van der Waals surface area contributed by atoms with E-state index in [1.54, 1.807) is 48.5 Å². The second-order valence-electron chi connectivity index (χ2n) is 5.66. The second kappa shape index (κ2) is 8.14. The fourth-order valence-electron chi connectivity index (χ4n) is 2.55. The number of para-hydroxylation sites is 3. The maximum absolute atomic E-state index is 13.3. The topological polar surface area (TPSA) is 67.4 Å². The molecule has 3 aromatic rings. The van der Waals surface area contributed by atoms with E-state index in [1.807, 2.05) is 0 Å². The van der Waals surface area contributed by atoms with E-state index < -0.39 is 17.6 Å². The predicted octanol–water partition coefficient (Wildman–Crippen LogP) is 4.34. The Hall–Kier alpha value is -3.67. The minimum Gasteiger partial charge on any atom is -0.495 e. The fourth-order valence-corrected chi connectivity index (χ4v) is 2.55. The molecule has 2 amide bonds. The lowest BCUT2D eigenvalue weighted by Gasteiger charge is -2.13. The summed E-state index contributed by atoms with van der Waals surface area (Å²) < 4.78 is 18.6. The van der Waals surface area contributed by atoms with Gasteiger partial charge in [0.15, 0.2) is 0 Å². The summed E-state index contributed by atoms with van der Waals surface area (Å²) in [6, 6.07) is 18.9. The largest absolute Gasteiger partial charge is 0.495 e. The van der Waals surface area contributed by atoms with Gasteiger partial charge in [0.1, 0.15) is 11.6 Å². The molecule has 0 unspecified atom stereocenters. The molecule has 136 valence electrons. The van der Waals surface area contributed by atoms with Gasteiger partial charge in [0.05, 0.1) is 24.0 Å². The van der Waals surface area contributed by atoms with Crippen molar-refractivity contribution in [1.82, 2.24) is 0 Å². The zero-order valence-electron chi connectivity index (χ0n) is 14.5. The third-order valence-corrected chi connectivity index (χ3v) is 3.86. The summed E-state index contributed by atoms with van der Waals surface area (Å²) in [6.07, 6.45) is 0. The maximum atomic E-state index is 13.3. The van der Waals surface area contributed by atoms with Crippen LogP contribution in [0.1, 0.15) is 20.7 Å². The predicted molar refractivity (Wildman–Crippen MR) is 102 cm³/mol. The molecule has 0 saturated carbocycles. The van der Waals surface area contributed by atoms with Gasteiger partial charge in [0, 0.05) is 5.56 Å². The molecule has 0 fully saturated rings. The van der Waals surface area contributed by atoms with Gasteiger partial charge in [-0.05, 0) is 42.5 Å². The molecule has 3 rings (SSSR count). The minimum atomic E-state index is -0.509. The van der Waals surface area contributed by atoms with E-state index in [4.69, 9.17) is 4.74 Å². The van der Waals surface area contributed by atoms with Crippen LogP contribution in [0.15, 0.2) is 72.8 Å². The van der Waals surface area contributed by atoms with E-state index in [1.165, 1.54) is 25.3 Å². The lowest BCUT2D eigenvalue weighted by molar-refractivity contribution is 0.102. The van der Waals surface area contributed by atoms with Crippen LogP contribution in [0.5, 0.6) is 5.75 Å². The minimum absolute atomic E-state index is 0.162. The molecule has 27 heavy (non-hydrogen) atoms. The Morgan fingerprint density at radius 1 is 0.815 bits per heavy atom. The van der Waals surface area contributed by atoms with Crippen molar-refractivity contribution < 1.29 is 18.7 Å². The van der Waals surface area contributed by atoms with Crippen LogP contribution in [-0.2, 0) is 0 Å². The first-order valence-electron chi connectivity index (χ1n) is 8.19. The summed E-state index contributed by atoms with van der Waals surface area (Å²) >= 11 is 0. The van der Waals surface area contributed by atoms with Crippen molar-refractivity contribution in [3.8, 4) is 5.75 Å². The third kappa shape index (κ3) is 4.30. The first-order valence-corrected chi connectivity index (χ1v) is 8.19. The molecular formula is C21H17FN2O3. The van der Waals surface area contributed by atoms with Crippen LogP contribution < -0.4 is 15.4 Å². The van der Waals surface area contributed by atoms with Gasteiger partial charge in [0.2, 0.25) is 0 Å². The molecule has 2 N–H and O–H groups in total. The fraction of sp³-hybridized carbons (Fsp3) is 0.0476. The van der Waals surface area contributed by atoms with Crippen molar-refractivity contribution in [2.24, 2.45) is 0 Å². The molecule has 0 heterocycles. The van der Waals surface area contributed by atoms with Crippen molar-refractivity contribution in [3.05, 3.63) is 89.7 Å². The molecule has 0 atom stereocenters. The highest BCUT2D eigenvalue weighted by molar-refractivity contribution is 6.12. The summed E-state index contributed by atoms with van der Waals surface area (Å²) in [5.41, 5.74) is 1.26. The monoisotopic (exact) mass is 364 g/mol. The average Bonchev–Trinajstić information content (AvgIpc) is 2.68. The number of hydrogen-bond acceptors (Lipinski definition) is 3. The molecule has 0 bridgehead atoms. The van der Waals surface area contributed by atoms with Gasteiger partial charge in [-0.3, -0.25) is 9.59 Å². The molecule has 0 aliphatic rings. The quantitative estimate of drug-likeness (QED) is 0.708. The first kappa shape index (κ1) is 18.1. The van der Waals surface area contributed by atoms with Crippen LogP contribution in [0.3, 0.4) is 0 Å². The van der Waals surface area contributed by atoms with Gasteiger partial charge in [-0.15, -0.1) is 0 Å². The molecule has 0 saturated heterocycles. The van der Waals surface area contributed by atoms with Crippen molar-refractivity contribution in [2.45, 2.75) is 0 Å². The van der Waals surface area contributed by atoms with Gasteiger partial charge in [-0.1, -0.05) is 30.3 Å². The number of halogens is 1. The Kier molecular flexibility index (Phi) is 5.47. The number of carbonyl (C=O) groups is 2. The molecule has 0 spiro atoms. The van der Waals surface area contributed by atoms with Crippen LogP contribution >= 0.6 is 0 Å². The molecule has 3 aromatic carbocycles. The number of benzene rings is 3. The number of amides is 2. The van der Waals surface area contributed by atoms with Gasteiger partial charge < -0.3 is 15.4 Å². The van der Waals surface area contributed by atoms with Gasteiger partial charge >= 0.3 is 0 Å². The molecule has 0 aliphatic heterocycles. The number of methoxy groups -OCH3 is 1. The van der Waals surface area contributed by atoms with Crippen molar-refractivity contribution in [3.63, 3.8) is 0 Å². The molecule has 5 nitrogen and oxygen atoms in total. The molecule has 0 aromatic heterocycles. The number of rotatable bonds is 5. The lowest BCUT2D eigenvalue weighted by Crippen LogP contribution is -2.18. The Morgan fingerprint density at radius 3 is 2.22 bits per heavy atom. The SMILES string of the molecule is COc1ccccc1NC(=O)c1ccccc1NC(=O)c1cccc(F)c1. The lowest BCUT2D eigenvalue weighted by atomic mass is 10.1. The summed E-state index contributed by atoms with van der Waals surface area (Å²) in [6.45, 7) is 0. The zero-order chi connectivity index (χ0) is 19.2. The summed E-state index contributed by atoms with van der Waals surface area (Å²) in [5.74, 6) is -0.904. The summed E-state index contributed by atoms with van der Waals surface area (Å²) in [7, 11) is 1.51. The highest BCUT2D eigenvalue weighted by atomic mass is 19.1. The Morgan fingerprint density at radius 2 is 1.48 bits per heavy atom. The van der Waals surface area contributed by atoms with E-state index in [-0.39, 0.29) is 11.1 Å². The van der Waals surface area contributed by atoms with Crippen LogP contribution in [0.4, 0.5) is 15.8 Å². The van der Waals surface area contributed by atoms with E-state index in [0.29, 0.717) is 17.1 Å². The van der Waals surface area contributed by atoms with E-state index in [0.717, 1.165) is 6.07 Å². The molecule has 0 radical (unpaired) electrons. The summed E-state index contributed by atoms with van der Waals surface area (Å²) in [4.78, 5) is 25.1. The normalized spacial score (nSPS) is 10.1. The van der Waals surface area contributed by atoms with E-state index in [9.17, 15) is 14.0 Å². The third-order valence-electron chi connectivity index (χ3n) is 3.86. The smallest absolute Gasteiger partial charge is 0.257 e. The van der Waals surface area contributed by atoms with Crippen molar-refractivity contribution in [2.75, 3.05) is 17.7 Å². The van der Waals surface area contributed by atoms with E-state index >= 15 is 0 Å². The number of carbonyl (C=O) groups excluding carboxylic acids is 2. The van der Waals surface area contributed by atoms with E-state index in [2.05, 4.69) is 10.6 Å². The highest BCUT2D eigenvalue weighted by Gasteiger charge is 2.15. The van der Waals surface area contributed by atoms with Gasteiger partial charge in [0.25, 0.3) is 11.8 Å². The number of anilines is 2. The number of ether oxygens (including phenoxy) is 1. The standard InChI is InChI=1S/C21H17FN2O3/c1-27-19-12-5-4-11-18(19)24-21(26)16-9-2-3-10-17(16)23-20(25)14-7-6-8-15(22)13-14/h2-13H,1H3,(H,23,25)(H,24,26). The molecular weight excluding hydrogens is 347 g/mol. The zero-order valence-corrected chi connectivity index (χ0v) is 14.5.